The van der Waals surface area contributed by atoms with Gasteiger partial charge in [0.1, 0.15) is 11.6 Å². The largest absolute Gasteiger partial charge is 0.481 e. The number of ether oxygens (including phenoxy) is 1. The Labute approximate surface area is 111 Å². The third kappa shape index (κ3) is 2.86. The first kappa shape index (κ1) is 12.6. The summed E-state index contributed by atoms with van der Waals surface area (Å²) in [5.41, 5.74) is 5.79. The van der Waals surface area contributed by atoms with Crippen LogP contribution in [0.5, 0.6) is 5.88 Å². The number of rotatable bonds is 3. The van der Waals surface area contributed by atoms with E-state index in [0.717, 1.165) is 4.47 Å². The minimum atomic E-state index is -0.394. The number of nitrogen functional groups attached to an aromatic ring is 1. The van der Waals surface area contributed by atoms with E-state index in [2.05, 4.69) is 31.2 Å². The maximum Gasteiger partial charge on any atom is 0.225 e. The van der Waals surface area contributed by atoms with E-state index in [9.17, 15) is 4.39 Å². The van der Waals surface area contributed by atoms with Crippen molar-refractivity contribution in [3.63, 3.8) is 0 Å². The molecule has 0 radical (unpaired) electrons. The van der Waals surface area contributed by atoms with Crippen molar-refractivity contribution < 1.29 is 9.13 Å². The summed E-state index contributed by atoms with van der Waals surface area (Å²) in [5.74, 6) is 0.318. The van der Waals surface area contributed by atoms with Crippen molar-refractivity contribution >= 4 is 33.4 Å². The van der Waals surface area contributed by atoms with Crippen LogP contribution in [0.4, 0.5) is 21.8 Å². The number of benzene rings is 1. The number of hydrogen-bond acceptors (Lipinski definition) is 5. The lowest BCUT2D eigenvalue weighted by Crippen LogP contribution is -2.02. The molecule has 0 fully saturated rings. The number of halogens is 2. The number of nitrogens with one attached hydrogen (secondary N) is 1. The molecule has 1 aromatic carbocycles. The first-order valence-corrected chi connectivity index (χ1v) is 5.78. The topological polar surface area (TPSA) is 73.1 Å². The van der Waals surface area contributed by atoms with E-state index < -0.39 is 5.82 Å². The van der Waals surface area contributed by atoms with Gasteiger partial charge in [-0.1, -0.05) is 15.9 Å². The van der Waals surface area contributed by atoms with Gasteiger partial charge in [0.25, 0.3) is 0 Å². The second-order valence-corrected chi connectivity index (χ2v) is 4.32. The molecule has 0 amide bonds. The van der Waals surface area contributed by atoms with Crippen LogP contribution in [0.2, 0.25) is 0 Å². The molecule has 3 N–H and O–H groups in total. The van der Waals surface area contributed by atoms with Crippen LogP contribution in [0.3, 0.4) is 0 Å². The number of nitrogens with zero attached hydrogens (tertiary/aromatic N) is 2. The van der Waals surface area contributed by atoms with Gasteiger partial charge in [0.15, 0.2) is 0 Å². The molecule has 7 heteroatoms. The van der Waals surface area contributed by atoms with Crippen LogP contribution < -0.4 is 15.8 Å². The van der Waals surface area contributed by atoms with Crippen LogP contribution in [-0.4, -0.2) is 17.1 Å². The lowest BCUT2D eigenvalue weighted by molar-refractivity contribution is 0.398. The Kier molecular flexibility index (Phi) is 3.61. The summed E-state index contributed by atoms with van der Waals surface area (Å²) in [6.45, 7) is 0. The average molecular weight is 313 g/mol. The molecule has 5 nitrogen and oxygen atoms in total. The van der Waals surface area contributed by atoms with Gasteiger partial charge >= 0.3 is 0 Å². The van der Waals surface area contributed by atoms with E-state index in [1.54, 1.807) is 12.1 Å². The molecule has 0 aliphatic carbocycles. The van der Waals surface area contributed by atoms with E-state index in [1.165, 1.54) is 19.2 Å². The van der Waals surface area contributed by atoms with Gasteiger partial charge in [0.2, 0.25) is 11.8 Å². The Bertz CT molecular complexity index is 579. The van der Waals surface area contributed by atoms with Crippen molar-refractivity contribution in [3.8, 4) is 5.88 Å². The van der Waals surface area contributed by atoms with E-state index in [0.29, 0.717) is 11.7 Å². The Morgan fingerprint density at radius 2 is 2.11 bits per heavy atom. The van der Waals surface area contributed by atoms with Crippen molar-refractivity contribution in [3.05, 3.63) is 34.6 Å². The molecule has 0 saturated heterocycles. The predicted octanol–water partition coefficient (Wildman–Crippen LogP) is 2.71. The number of aromatic nitrogens is 2. The van der Waals surface area contributed by atoms with Crippen molar-refractivity contribution in [2.24, 2.45) is 0 Å². The van der Waals surface area contributed by atoms with Gasteiger partial charge in [0, 0.05) is 10.5 Å². The lowest BCUT2D eigenvalue weighted by atomic mass is 10.3. The minimum Gasteiger partial charge on any atom is -0.481 e. The first-order chi connectivity index (χ1) is 8.58. The highest BCUT2D eigenvalue weighted by atomic mass is 79.9. The Morgan fingerprint density at radius 3 is 2.83 bits per heavy atom. The quantitative estimate of drug-likeness (QED) is 0.911. The van der Waals surface area contributed by atoms with Crippen molar-refractivity contribution in [2.45, 2.75) is 0 Å². The van der Waals surface area contributed by atoms with E-state index in [4.69, 9.17) is 10.5 Å². The van der Waals surface area contributed by atoms with Crippen LogP contribution in [0, 0.1) is 5.82 Å². The molecule has 0 spiro atoms. The maximum atomic E-state index is 13.5. The van der Waals surface area contributed by atoms with Gasteiger partial charge in [-0.3, -0.25) is 0 Å². The SMILES string of the molecule is COc1cc(Nc2cc(Br)ccc2F)nc(N)n1. The third-order valence-electron chi connectivity index (χ3n) is 2.12. The van der Waals surface area contributed by atoms with Crippen molar-refractivity contribution in [1.29, 1.82) is 0 Å². The number of hydrogen-bond donors (Lipinski definition) is 2. The Morgan fingerprint density at radius 1 is 1.33 bits per heavy atom. The maximum absolute atomic E-state index is 13.5. The first-order valence-electron chi connectivity index (χ1n) is 4.99. The lowest BCUT2D eigenvalue weighted by Gasteiger charge is -2.08. The highest BCUT2D eigenvalue weighted by Crippen LogP contribution is 2.24. The summed E-state index contributed by atoms with van der Waals surface area (Å²) in [5, 5.41) is 2.81. The van der Waals surface area contributed by atoms with E-state index in [1.807, 2.05) is 0 Å². The number of anilines is 3. The van der Waals surface area contributed by atoms with Crippen molar-refractivity contribution in [1.82, 2.24) is 9.97 Å². The monoisotopic (exact) mass is 312 g/mol. The molecular weight excluding hydrogens is 303 g/mol. The van der Waals surface area contributed by atoms with Gasteiger partial charge in [-0.2, -0.15) is 9.97 Å². The molecular formula is C11H10BrFN4O. The third-order valence-corrected chi connectivity index (χ3v) is 2.61. The second-order valence-electron chi connectivity index (χ2n) is 3.40. The number of nitrogens with two attached hydrogens (primary N) is 1. The second kappa shape index (κ2) is 5.18. The van der Waals surface area contributed by atoms with Crippen LogP contribution in [0.25, 0.3) is 0 Å². The fraction of sp³-hybridized carbons (Fsp3) is 0.0909. The predicted molar refractivity (Wildman–Crippen MR) is 70.4 cm³/mol. The van der Waals surface area contributed by atoms with Crippen LogP contribution in [0.15, 0.2) is 28.7 Å². The van der Waals surface area contributed by atoms with E-state index >= 15 is 0 Å². The summed E-state index contributed by atoms with van der Waals surface area (Å²) in [6.07, 6.45) is 0. The normalized spacial score (nSPS) is 10.2. The molecule has 18 heavy (non-hydrogen) atoms. The molecule has 2 rings (SSSR count). The fourth-order valence-corrected chi connectivity index (χ4v) is 1.70. The van der Waals surface area contributed by atoms with Crippen LogP contribution in [0.1, 0.15) is 0 Å². The zero-order valence-corrected chi connectivity index (χ0v) is 11.0. The molecule has 0 bridgehead atoms. The summed E-state index contributed by atoms with van der Waals surface area (Å²) < 4.78 is 19.3. The summed E-state index contributed by atoms with van der Waals surface area (Å²) in [7, 11) is 1.46. The molecule has 0 aliphatic rings. The molecule has 0 saturated carbocycles. The van der Waals surface area contributed by atoms with Gasteiger partial charge in [-0.25, -0.2) is 4.39 Å². The van der Waals surface area contributed by atoms with Gasteiger partial charge in [0.05, 0.1) is 12.8 Å². The summed E-state index contributed by atoms with van der Waals surface area (Å²) in [6, 6.07) is 6.07. The molecule has 94 valence electrons. The van der Waals surface area contributed by atoms with Crippen molar-refractivity contribution in [2.75, 3.05) is 18.2 Å². The van der Waals surface area contributed by atoms with E-state index in [-0.39, 0.29) is 11.6 Å². The average Bonchev–Trinajstić information content (AvgIpc) is 2.33. The highest BCUT2D eigenvalue weighted by Gasteiger charge is 2.07. The van der Waals surface area contributed by atoms with Gasteiger partial charge < -0.3 is 15.8 Å². The highest BCUT2D eigenvalue weighted by molar-refractivity contribution is 9.10. The fourth-order valence-electron chi connectivity index (χ4n) is 1.34. The summed E-state index contributed by atoms with van der Waals surface area (Å²) >= 11 is 3.26. The standard InChI is InChI=1S/C11H10BrFN4O/c1-18-10-5-9(16-11(14)17-10)15-8-4-6(12)2-3-7(8)13/h2-5H,1H3,(H3,14,15,16,17). The molecule has 0 atom stereocenters. The zero-order chi connectivity index (χ0) is 13.1. The molecule has 1 aromatic heterocycles. The van der Waals surface area contributed by atoms with Gasteiger partial charge in [-0.05, 0) is 18.2 Å². The molecule has 1 heterocycles. The molecule has 2 aromatic rings. The van der Waals surface area contributed by atoms with Crippen LogP contribution >= 0.6 is 15.9 Å². The van der Waals surface area contributed by atoms with Gasteiger partial charge in [-0.15, -0.1) is 0 Å². The smallest absolute Gasteiger partial charge is 0.225 e. The van der Waals surface area contributed by atoms with Crippen LogP contribution in [-0.2, 0) is 0 Å². The minimum absolute atomic E-state index is 0.0484. The molecule has 0 unspecified atom stereocenters. The number of methoxy groups -OCH3 is 1. The Hall–Kier alpha value is -1.89. The summed E-state index contributed by atoms with van der Waals surface area (Å²) in [4.78, 5) is 7.78. The Balaban J connectivity index is 2.33. The zero-order valence-electron chi connectivity index (χ0n) is 9.45. The molecule has 0 aliphatic heterocycles.